The number of imide groups is 1. The number of fused-ring (bicyclic) bond motifs is 4. The lowest BCUT2D eigenvalue weighted by Crippen LogP contribution is -2.99. The smallest absolute Gasteiger partial charge is 0.291 e. The summed E-state index contributed by atoms with van der Waals surface area (Å²) in [7, 11) is 0. The van der Waals surface area contributed by atoms with Crippen LogP contribution >= 0.6 is 0 Å². The highest BCUT2D eigenvalue weighted by Crippen LogP contribution is 2.49. The summed E-state index contributed by atoms with van der Waals surface area (Å²) in [5.41, 5.74) is 5.49. The van der Waals surface area contributed by atoms with Crippen molar-refractivity contribution in [1.82, 2.24) is 4.90 Å². The molecule has 0 aromatic heterocycles. The molecule has 1 aromatic rings. The third-order valence-electron chi connectivity index (χ3n) is 6.28. The first-order valence-electron chi connectivity index (χ1n) is 9.25. The lowest BCUT2D eigenvalue weighted by molar-refractivity contribution is -0.732. The zero-order chi connectivity index (χ0) is 19.5. The number of primary amides is 1. The molecule has 27 heavy (non-hydrogen) atoms. The zero-order valence-electron chi connectivity index (χ0n) is 15.3. The summed E-state index contributed by atoms with van der Waals surface area (Å²) in [5.74, 6) is -3.10. The van der Waals surface area contributed by atoms with Crippen LogP contribution in [-0.2, 0) is 24.7 Å². The quantitative estimate of drug-likeness (QED) is 0.590. The monoisotopic (exact) mass is 371 g/mol. The van der Waals surface area contributed by atoms with Gasteiger partial charge in [-0.3, -0.25) is 24.1 Å². The number of carbonyl (C=O) groups excluding carboxylic acids is 4. The van der Waals surface area contributed by atoms with Crippen molar-refractivity contribution in [1.29, 1.82) is 0 Å². The van der Waals surface area contributed by atoms with E-state index >= 15 is 0 Å². The highest BCUT2D eigenvalue weighted by molar-refractivity contribution is 6.14. The average molecular weight is 371 g/mol. The van der Waals surface area contributed by atoms with Gasteiger partial charge in [0, 0.05) is 11.6 Å². The zero-order valence-corrected chi connectivity index (χ0v) is 15.3. The van der Waals surface area contributed by atoms with Crippen molar-refractivity contribution in [3.8, 4) is 0 Å². The summed E-state index contributed by atoms with van der Waals surface area (Å²) < 4.78 is 0. The first-order valence-corrected chi connectivity index (χ1v) is 9.25. The summed E-state index contributed by atoms with van der Waals surface area (Å²) in [6, 6.07) is 6.38. The van der Waals surface area contributed by atoms with Gasteiger partial charge >= 0.3 is 0 Å². The Hall–Kier alpha value is -2.74. The fraction of sp³-hybridized carbons (Fsp3) is 0.474. The molecule has 0 saturated carbocycles. The minimum atomic E-state index is -1.24. The Morgan fingerprint density at radius 3 is 2.67 bits per heavy atom. The van der Waals surface area contributed by atoms with E-state index in [1.54, 1.807) is 29.6 Å². The van der Waals surface area contributed by atoms with E-state index in [0.29, 0.717) is 17.7 Å². The predicted octanol–water partition coefficient (Wildman–Crippen LogP) is -0.945. The average Bonchev–Trinajstić information content (AvgIpc) is 3.19. The Bertz CT molecular complexity index is 869. The molecule has 5 atom stereocenters. The number of amides is 4. The van der Waals surface area contributed by atoms with Crippen LogP contribution in [0.2, 0.25) is 0 Å². The maximum absolute atomic E-state index is 13.3. The number of para-hydroxylation sites is 1. The molecule has 2 fully saturated rings. The van der Waals surface area contributed by atoms with E-state index in [4.69, 9.17) is 5.73 Å². The maximum Gasteiger partial charge on any atom is 0.291 e. The topological polar surface area (TPSA) is 126 Å². The summed E-state index contributed by atoms with van der Waals surface area (Å²) >= 11 is 0. The second-order valence-electron chi connectivity index (χ2n) is 7.68. The van der Waals surface area contributed by atoms with Crippen LogP contribution in [0.25, 0.3) is 0 Å². The van der Waals surface area contributed by atoms with Gasteiger partial charge in [0.1, 0.15) is 17.9 Å². The standard InChI is InChI=1S/C19H22N4O4/c1-3-9(2)23-16(25)14-12(8-13(20)24)22-19(15(14)17(23)26)10-6-4-5-7-11(10)21-18(19)27/h4-7,9,12,14-15,22H,3,8H2,1-2H3,(H2,20,24)(H,21,27)/p+1/t9-,12-,14+,15-,19+/m0/s1. The van der Waals surface area contributed by atoms with Gasteiger partial charge in [0.2, 0.25) is 23.3 Å². The van der Waals surface area contributed by atoms with E-state index < -0.39 is 29.3 Å². The third-order valence-corrected chi connectivity index (χ3v) is 6.28. The normalized spacial score (nSPS) is 32.6. The van der Waals surface area contributed by atoms with Gasteiger partial charge in [0.05, 0.1) is 12.1 Å². The largest absolute Gasteiger partial charge is 0.369 e. The summed E-state index contributed by atoms with van der Waals surface area (Å²) in [6.07, 6.45) is 0.558. The van der Waals surface area contributed by atoms with Crippen molar-refractivity contribution in [2.45, 2.75) is 44.3 Å². The maximum atomic E-state index is 13.3. The van der Waals surface area contributed by atoms with Crippen molar-refractivity contribution in [2.24, 2.45) is 17.6 Å². The summed E-state index contributed by atoms with van der Waals surface area (Å²) in [4.78, 5) is 52.5. The minimum Gasteiger partial charge on any atom is -0.369 e. The van der Waals surface area contributed by atoms with Crippen LogP contribution in [0, 0.1) is 11.8 Å². The Labute approximate surface area is 156 Å². The fourth-order valence-corrected chi connectivity index (χ4v) is 4.98. The van der Waals surface area contributed by atoms with Gasteiger partial charge in [0.25, 0.3) is 5.91 Å². The highest BCUT2D eigenvalue weighted by atomic mass is 16.2. The first-order chi connectivity index (χ1) is 12.8. The third kappa shape index (κ3) is 2.19. The molecule has 3 heterocycles. The fourth-order valence-electron chi connectivity index (χ4n) is 4.98. The molecule has 8 heteroatoms. The van der Waals surface area contributed by atoms with Crippen molar-refractivity contribution in [3.05, 3.63) is 29.8 Å². The number of likely N-dealkylation sites (tertiary alicyclic amines) is 1. The van der Waals surface area contributed by atoms with Gasteiger partial charge in [0.15, 0.2) is 0 Å². The SMILES string of the molecule is CC[C@H](C)N1C(=O)[C@@H]2[C@H](CC(N)=O)[NH2+][C@@]3(C(=O)Nc4ccccc43)[C@@H]2C1=O. The second kappa shape index (κ2) is 5.88. The number of benzene rings is 1. The Balaban J connectivity index is 1.88. The number of hydrogen-bond acceptors (Lipinski definition) is 4. The first kappa shape index (κ1) is 17.7. The van der Waals surface area contributed by atoms with E-state index in [-0.39, 0.29) is 30.2 Å². The van der Waals surface area contributed by atoms with Crippen LogP contribution in [0.3, 0.4) is 0 Å². The number of quaternary nitrogens is 1. The number of hydrogen-bond donors (Lipinski definition) is 3. The molecule has 0 aliphatic carbocycles. The molecule has 5 N–H and O–H groups in total. The molecule has 3 aliphatic rings. The van der Waals surface area contributed by atoms with Gasteiger partial charge in [-0.1, -0.05) is 25.1 Å². The van der Waals surface area contributed by atoms with E-state index in [9.17, 15) is 19.2 Å². The Morgan fingerprint density at radius 2 is 2.00 bits per heavy atom. The van der Waals surface area contributed by atoms with Crippen LogP contribution < -0.4 is 16.4 Å². The summed E-state index contributed by atoms with van der Waals surface area (Å²) in [5, 5.41) is 4.56. The van der Waals surface area contributed by atoms with Crippen molar-refractivity contribution in [2.75, 3.05) is 5.32 Å². The summed E-state index contributed by atoms with van der Waals surface area (Å²) in [6.45, 7) is 3.72. The van der Waals surface area contributed by atoms with E-state index in [0.717, 1.165) is 0 Å². The molecule has 4 amide bonds. The number of nitrogens with two attached hydrogens (primary N) is 2. The van der Waals surface area contributed by atoms with Crippen molar-refractivity contribution >= 4 is 29.3 Å². The molecule has 0 radical (unpaired) electrons. The van der Waals surface area contributed by atoms with E-state index in [1.807, 2.05) is 13.8 Å². The van der Waals surface area contributed by atoms with Crippen molar-refractivity contribution in [3.63, 3.8) is 0 Å². The van der Waals surface area contributed by atoms with E-state index in [1.165, 1.54) is 4.90 Å². The molecular weight excluding hydrogens is 348 g/mol. The van der Waals surface area contributed by atoms with Crippen LogP contribution in [0.1, 0.15) is 32.3 Å². The molecule has 0 unspecified atom stereocenters. The number of nitrogens with zero attached hydrogens (tertiary/aromatic N) is 1. The van der Waals surface area contributed by atoms with Gasteiger partial charge < -0.3 is 16.4 Å². The van der Waals surface area contributed by atoms with Gasteiger partial charge in [-0.15, -0.1) is 0 Å². The highest BCUT2D eigenvalue weighted by Gasteiger charge is 2.74. The Morgan fingerprint density at radius 1 is 1.30 bits per heavy atom. The molecule has 4 rings (SSSR count). The molecule has 142 valence electrons. The van der Waals surface area contributed by atoms with E-state index in [2.05, 4.69) is 5.32 Å². The molecule has 2 saturated heterocycles. The molecule has 8 nitrogen and oxygen atoms in total. The second-order valence-corrected chi connectivity index (χ2v) is 7.68. The minimum absolute atomic E-state index is 0.0638. The number of rotatable bonds is 4. The molecule has 1 spiro atoms. The lowest BCUT2D eigenvalue weighted by Gasteiger charge is -2.28. The van der Waals surface area contributed by atoms with Gasteiger partial charge in [-0.25, -0.2) is 0 Å². The molecule has 3 aliphatic heterocycles. The van der Waals surface area contributed by atoms with Crippen LogP contribution in [0.15, 0.2) is 24.3 Å². The lowest BCUT2D eigenvalue weighted by atomic mass is 9.76. The molecule has 0 bridgehead atoms. The predicted molar refractivity (Wildman–Crippen MR) is 94.9 cm³/mol. The number of carbonyl (C=O) groups is 4. The Kier molecular flexibility index (Phi) is 3.85. The molecular formula is C19H23N4O4+. The van der Waals surface area contributed by atoms with Gasteiger partial charge in [-0.2, -0.15) is 0 Å². The van der Waals surface area contributed by atoms with Gasteiger partial charge in [-0.05, 0) is 19.4 Å². The number of nitrogens with one attached hydrogen (secondary N) is 1. The van der Waals surface area contributed by atoms with Crippen LogP contribution in [-0.4, -0.2) is 40.6 Å². The van der Waals surface area contributed by atoms with Crippen molar-refractivity contribution < 1.29 is 24.5 Å². The van der Waals surface area contributed by atoms with Crippen LogP contribution in [0.5, 0.6) is 0 Å². The number of anilines is 1. The molecule has 1 aromatic carbocycles. The van der Waals surface area contributed by atoms with Crippen LogP contribution in [0.4, 0.5) is 5.69 Å².